The van der Waals surface area contributed by atoms with E-state index in [-0.39, 0.29) is 11.8 Å². The average molecular weight is 251 g/mol. The van der Waals surface area contributed by atoms with E-state index in [4.69, 9.17) is 21.1 Å². The van der Waals surface area contributed by atoms with Crippen LogP contribution in [0.5, 0.6) is 0 Å². The molecule has 1 aromatic heterocycles. The molecule has 2 rings (SSSR count). The molecule has 0 aliphatic carbocycles. The van der Waals surface area contributed by atoms with Gasteiger partial charge < -0.3 is 9.52 Å². The minimum Gasteiger partial charge on any atom is -0.478 e. The van der Waals surface area contributed by atoms with Gasteiger partial charge >= 0.3 is 5.97 Å². The van der Waals surface area contributed by atoms with Crippen molar-refractivity contribution in [3.63, 3.8) is 0 Å². The first-order chi connectivity index (χ1) is 8.16. The molecule has 2 aromatic rings. The number of rotatable bonds is 3. The van der Waals surface area contributed by atoms with Crippen LogP contribution in [0.25, 0.3) is 17.5 Å². The average Bonchev–Trinajstić information content (AvgIpc) is 2.75. The van der Waals surface area contributed by atoms with Gasteiger partial charge in [0, 0.05) is 12.2 Å². The van der Waals surface area contributed by atoms with Crippen molar-refractivity contribution in [3.05, 3.63) is 41.3 Å². The number of aromatic nitrogens is 2. The summed E-state index contributed by atoms with van der Waals surface area (Å²) in [5, 5.41) is 16.4. The lowest BCUT2D eigenvalue weighted by Gasteiger charge is -1.96. The largest absolute Gasteiger partial charge is 0.478 e. The summed E-state index contributed by atoms with van der Waals surface area (Å²) in [4.78, 5) is 10.3. The Bertz CT molecular complexity index is 578. The molecule has 0 saturated heterocycles. The Balaban J connectivity index is 2.30. The molecule has 0 atom stereocenters. The summed E-state index contributed by atoms with van der Waals surface area (Å²) in [7, 11) is 0. The maximum atomic E-state index is 10.3. The topological polar surface area (TPSA) is 76.2 Å². The number of benzene rings is 1. The predicted octanol–water partition coefficient (Wildman–Crippen LogP) is 2.49. The third-order valence-electron chi connectivity index (χ3n) is 1.91. The molecule has 17 heavy (non-hydrogen) atoms. The number of carboxylic acids is 1. The van der Waals surface area contributed by atoms with Gasteiger partial charge in [-0.1, -0.05) is 23.7 Å². The first-order valence-corrected chi connectivity index (χ1v) is 5.04. The highest BCUT2D eigenvalue weighted by molar-refractivity contribution is 6.33. The van der Waals surface area contributed by atoms with Crippen LogP contribution in [0, 0.1) is 0 Å². The van der Waals surface area contributed by atoms with Gasteiger partial charge in [0.1, 0.15) is 0 Å². The number of carbonyl (C=O) groups is 1. The minimum absolute atomic E-state index is 0.113. The van der Waals surface area contributed by atoms with Crippen molar-refractivity contribution in [2.75, 3.05) is 0 Å². The van der Waals surface area contributed by atoms with Gasteiger partial charge in [0.05, 0.1) is 10.6 Å². The van der Waals surface area contributed by atoms with Crippen molar-refractivity contribution in [2.45, 2.75) is 0 Å². The lowest BCUT2D eigenvalue weighted by Crippen LogP contribution is -1.85. The highest BCUT2D eigenvalue weighted by atomic mass is 35.5. The molecule has 6 heteroatoms. The van der Waals surface area contributed by atoms with Crippen LogP contribution in [-0.4, -0.2) is 21.3 Å². The molecule has 5 nitrogen and oxygen atoms in total. The third-order valence-corrected chi connectivity index (χ3v) is 2.24. The van der Waals surface area contributed by atoms with Crippen molar-refractivity contribution in [3.8, 4) is 11.5 Å². The van der Waals surface area contributed by atoms with Gasteiger partial charge in [-0.2, -0.15) is 0 Å². The Morgan fingerprint density at radius 2 is 2.12 bits per heavy atom. The van der Waals surface area contributed by atoms with Crippen molar-refractivity contribution >= 4 is 23.6 Å². The summed E-state index contributed by atoms with van der Waals surface area (Å²) in [6.45, 7) is 0. The third kappa shape index (κ3) is 2.70. The molecular weight excluding hydrogens is 244 g/mol. The summed E-state index contributed by atoms with van der Waals surface area (Å²) in [6.07, 6.45) is 2.14. The first-order valence-electron chi connectivity index (χ1n) is 4.66. The Morgan fingerprint density at radius 1 is 1.35 bits per heavy atom. The zero-order chi connectivity index (χ0) is 12.3. The fourth-order valence-electron chi connectivity index (χ4n) is 1.19. The number of hydrogen-bond donors (Lipinski definition) is 1. The smallest absolute Gasteiger partial charge is 0.328 e. The van der Waals surface area contributed by atoms with Gasteiger partial charge in [-0.15, -0.1) is 10.2 Å². The van der Waals surface area contributed by atoms with Crippen LogP contribution in [0.2, 0.25) is 5.02 Å². The molecule has 1 N–H and O–H groups in total. The second-order valence-corrected chi connectivity index (χ2v) is 3.50. The highest BCUT2D eigenvalue weighted by Crippen LogP contribution is 2.26. The second-order valence-electron chi connectivity index (χ2n) is 3.10. The molecule has 86 valence electrons. The van der Waals surface area contributed by atoms with Gasteiger partial charge in [-0.3, -0.25) is 0 Å². The van der Waals surface area contributed by atoms with Crippen LogP contribution in [0.4, 0.5) is 0 Å². The van der Waals surface area contributed by atoms with Crippen LogP contribution in [0.1, 0.15) is 5.89 Å². The van der Waals surface area contributed by atoms with Gasteiger partial charge in [0.2, 0.25) is 11.8 Å². The van der Waals surface area contributed by atoms with E-state index in [1.807, 2.05) is 0 Å². The van der Waals surface area contributed by atoms with E-state index in [1.165, 1.54) is 6.08 Å². The summed E-state index contributed by atoms with van der Waals surface area (Å²) in [5.74, 6) is -0.717. The van der Waals surface area contributed by atoms with E-state index < -0.39 is 5.97 Å². The van der Waals surface area contributed by atoms with Gasteiger partial charge in [-0.05, 0) is 12.1 Å². The van der Waals surface area contributed by atoms with Gasteiger partial charge in [-0.25, -0.2) is 4.79 Å². The fourth-order valence-corrected chi connectivity index (χ4v) is 1.40. The predicted molar refractivity (Wildman–Crippen MR) is 61.4 cm³/mol. The molecule has 0 aliphatic rings. The molecule has 0 saturated carbocycles. The van der Waals surface area contributed by atoms with Gasteiger partial charge in [0.15, 0.2) is 0 Å². The Labute approximate surface area is 101 Å². The SMILES string of the molecule is O=C(O)/C=C/c1nnc(-c2ccccc2Cl)o1. The number of carboxylic acid groups (broad SMARTS) is 1. The normalized spacial score (nSPS) is 10.9. The Hall–Kier alpha value is -2.14. The van der Waals surface area contributed by atoms with Crippen molar-refractivity contribution in [1.82, 2.24) is 10.2 Å². The van der Waals surface area contributed by atoms with Crippen molar-refractivity contribution in [2.24, 2.45) is 0 Å². The number of halogens is 1. The van der Waals surface area contributed by atoms with Crippen LogP contribution >= 0.6 is 11.6 Å². The molecule has 0 aliphatic heterocycles. The van der Waals surface area contributed by atoms with Gasteiger partial charge in [0.25, 0.3) is 0 Å². The molecule has 1 aromatic carbocycles. The Kier molecular flexibility index (Phi) is 3.20. The highest BCUT2D eigenvalue weighted by Gasteiger charge is 2.09. The van der Waals surface area contributed by atoms with Crippen LogP contribution in [0.15, 0.2) is 34.8 Å². The van der Waals surface area contributed by atoms with Crippen molar-refractivity contribution in [1.29, 1.82) is 0 Å². The zero-order valence-electron chi connectivity index (χ0n) is 8.50. The van der Waals surface area contributed by atoms with E-state index in [0.717, 1.165) is 6.08 Å². The maximum Gasteiger partial charge on any atom is 0.328 e. The summed E-state index contributed by atoms with van der Waals surface area (Å²) in [5.41, 5.74) is 0.608. The lowest BCUT2D eigenvalue weighted by atomic mass is 10.2. The van der Waals surface area contributed by atoms with E-state index in [0.29, 0.717) is 10.6 Å². The number of hydrogen-bond acceptors (Lipinski definition) is 4. The van der Waals surface area contributed by atoms with E-state index in [9.17, 15) is 4.79 Å². The van der Waals surface area contributed by atoms with Crippen molar-refractivity contribution < 1.29 is 14.3 Å². The van der Waals surface area contributed by atoms with Crippen LogP contribution < -0.4 is 0 Å². The zero-order valence-corrected chi connectivity index (χ0v) is 9.26. The standard InChI is InChI=1S/C11H7ClN2O3/c12-8-4-2-1-3-7(8)11-14-13-9(17-11)5-6-10(15)16/h1-6H,(H,15,16)/b6-5+. The first kappa shape index (κ1) is 11.3. The van der Waals surface area contributed by atoms with E-state index >= 15 is 0 Å². The lowest BCUT2D eigenvalue weighted by molar-refractivity contribution is -0.131. The molecule has 1 heterocycles. The molecule has 0 spiro atoms. The van der Waals surface area contributed by atoms with Crippen LogP contribution in [0.3, 0.4) is 0 Å². The molecule has 0 amide bonds. The number of aliphatic carboxylic acids is 1. The molecular formula is C11H7ClN2O3. The Morgan fingerprint density at radius 3 is 2.82 bits per heavy atom. The quantitative estimate of drug-likeness (QED) is 0.847. The molecule has 0 fully saturated rings. The second kappa shape index (κ2) is 4.80. The fraction of sp³-hybridized carbons (Fsp3) is 0. The molecule has 0 radical (unpaired) electrons. The van der Waals surface area contributed by atoms with E-state index in [1.54, 1.807) is 24.3 Å². The summed E-state index contributed by atoms with van der Waals surface area (Å²) < 4.78 is 5.24. The van der Waals surface area contributed by atoms with E-state index in [2.05, 4.69) is 10.2 Å². The maximum absolute atomic E-state index is 10.3. The number of nitrogens with zero attached hydrogens (tertiary/aromatic N) is 2. The molecule has 0 unspecified atom stereocenters. The monoisotopic (exact) mass is 250 g/mol. The molecule has 0 bridgehead atoms. The summed E-state index contributed by atoms with van der Waals surface area (Å²) >= 11 is 5.96. The van der Waals surface area contributed by atoms with Crippen LogP contribution in [-0.2, 0) is 4.79 Å². The summed E-state index contributed by atoms with van der Waals surface area (Å²) in [6, 6.07) is 7.01. The minimum atomic E-state index is -1.08.